The van der Waals surface area contributed by atoms with Gasteiger partial charge in [0.2, 0.25) is 10.0 Å². The van der Waals surface area contributed by atoms with E-state index >= 15 is 0 Å². The Bertz CT molecular complexity index is 720. The van der Waals surface area contributed by atoms with Gasteiger partial charge >= 0.3 is 0 Å². The van der Waals surface area contributed by atoms with Gasteiger partial charge in [-0.1, -0.05) is 16.8 Å². The molecule has 1 aromatic carbocycles. The van der Waals surface area contributed by atoms with Crippen LogP contribution in [-0.4, -0.2) is 13.6 Å². The number of rotatable bonds is 4. The molecule has 1 aromatic heterocycles. The van der Waals surface area contributed by atoms with E-state index < -0.39 is 10.0 Å². The molecule has 0 spiro atoms. The number of halogens is 1. The lowest BCUT2D eigenvalue weighted by Gasteiger charge is -2.06. The maximum absolute atomic E-state index is 12.0. The molecule has 19 heavy (non-hydrogen) atoms. The molecule has 2 aromatic rings. The topological polar surface area (TPSA) is 96.0 Å². The number of sulfonamides is 1. The van der Waals surface area contributed by atoms with Gasteiger partial charge in [-0.15, -0.1) is 0 Å². The number of nitriles is 1. The minimum absolute atomic E-state index is 0.0104. The first-order chi connectivity index (χ1) is 9.03. The summed E-state index contributed by atoms with van der Waals surface area (Å²) in [6.07, 6.45) is 1.35. The van der Waals surface area contributed by atoms with Crippen molar-refractivity contribution in [2.75, 3.05) is 0 Å². The van der Waals surface area contributed by atoms with E-state index in [9.17, 15) is 8.42 Å². The van der Waals surface area contributed by atoms with Gasteiger partial charge in [-0.3, -0.25) is 0 Å². The molecule has 0 fully saturated rings. The van der Waals surface area contributed by atoms with Crippen LogP contribution in [0.25, 0.3) is 0 Å². The number of nitrogens with zero attached hydrogens (tertiary/aromatic N) is 2. The first kappa shape index (κ1) is 13.5. The number of hydrogen-bond acceptors (Lipinski definition) is 5. The van der Waals surface area contributed by atoms with E-state index in [0.717, 1.165) is 0 Å². The van der Waals surface area contributed by atoms with Gasteiger partial charge in [-0.05, 0) is 18.2 Å². The van der Waals surface area contributed by atoms with Gasteiger partial charge in [-0.2, -0.15) is 5.26 Å². The zero-order valence-electron chi connectivity index (χ0n) is 9.50. The smallest absolute Gasteiger partial charge is 0.240 e. The summed E-state index contributed by atoms with van der Waals surface area (Å²) in [5.41, 5.74) is 0.681. The third-order valence-corrected chi connectivity index (χ3v) is 4.02. The molecule has 2 rings (SSSR count). The minimum Gasteiger partial charge on any atom is -0.364 e. The lowest BCUT2D eigenvalue weighted by atomic mass is 10.2. The molecule has 0 radical (unpaired) electrons. The molecule has 98 valence electrons. The predicted molar refractivity (Wildman–Crippen MR) is 66.7 cm³/mol. The van der Waals surface area contributed by atoms with Crippen LogP contribution < -0.4 is 4.72 Å². The van der Waals surface area contributed by atoms with Crippen molar-refractivity contribution in [3.8, 4) is 6.07 Å². The maximum atomic E-state index is 12.0. The summed E-state index contributed by atoms with van der Waals surface area (Å²) in [6.45, 7) is 0.0104. The highest BCUT2D eigenvalue weighted by Crippen LogP contribution is 2.20. The molecule has 0 amide bonds. The Kier molecular flexibility index (Phi) is 3.85. The van der Waals surface area contributed by atoms with Gasteiger partial charge in [-0.25, -0.2) is 13.1 Å². The Morgan fingerprint density at radius 2 is 2.21 bits per heavy atom. The Morgan fingerprint density at radius 3 is 2.79 bits per heavy atom. The molecule has 0 atom stereocenters. The molecule has 0 saturated heterocycles. The van der Waals surface area contributed by atoms with Crippen molar-refractivity contribution >= 4 is 21.6 Å². The first-order valence-electron chi connectivity index (χ1n) is 5.11. The summed E-state index contributed by atoms with van der Waals surface area (Å²) in [7, 11) is -3.71. The fourth-order valence-electron chi connectivity index (χ4n) is 1.33. The van der Waals surface area contributed by atoms with E-state index in [0.29, 0.717) is 5.69 Å². The molecule has 0 bridgehead atoms. The third-order valence-electron chi connectivity index (χ3n) is 2.31. The molecule has 0 aliphatic rings. The zero-order valence-corrected chi connectivity index (χ0v) is 11.1. The quantitative estimate of drug-likeness (QED) is 0.926. The van der Waals surface area contributed by atoms with Crippen LogP contribution in [0.3, 0.4) is 0 Å². The van der Waals surface area contributed by atoms with Crippen molar-refractivity contribution < 1.29 is 12.9 Å². The Hall–Kier alpha value is -1.88. The molecule has 1 heterocycles. The molecule has 1 N–H and O–H groups in total. The van der Waals surface area contributed by atoms with Crippen LogP contribution in [0.1, 0.15) is 11.3 Å². The first-order valence-corrected chi connectivity index (χ1v) is 6.97. The molecule has 8 heteroatoms. The Balaban J connectivity index is 2.20. The average molecular weight is 298 g/mol. The molecular formula is C11H8ClN3O3S. The highest BCUT2D eigenvalue weighted by molar-refractivity contribution is 7.89. The van der Waals surface area contributed by atoms with Gasteiger partial charge in [0.1, 0.15) is 12.3 Å². The number of nitrogens with one attached hydrogen (secondary N) is 1. The normalized spacial score (nSPS) is 11.2. The maximum Gasteiger partial charge on any atom is 0.240 e. The summed E-state index contributed by atoms with van der Waals surface area (Å²) in [5.74, 6) is 0. The molecule has 6 nitrogen and oxygen atoms in total. The molecular weight excluding hydrogens is 290 g/mol. The average Bonchev–Trinajstić information content (AvgIpc) is 2.89. The molecule has 0 unspecified atom stereocenters. The number of aromatic nitrogens is 1. The third kappa shape index (κ3) is 3.12. The van der Waals surface area contributed by atoms with Crippen molar-refractivity contribution in [3.05, 3.63) is 46.8 Å². The summed E-state index contributed by atoms with van der Waals surface area (Å²) >= 11 is 5.79. The van der Waals surface area contributed by atoms with Gasteiger partial charge in [0.05, 0.1) is 27.7 Å². The SMILES string of the molecule is N#Cc1ccc(S(=O)(=O)NCc2ccon2)cc1Cl. The van der Waals surface area contributed by atoms with E-state index in [1.165, 1.54) is 24.5 Å². The zero-order chi connectivity index (χ0) is 13.9. The van der Waals surface area contributed by atoms with Crippen LogP contribution in [0.5, 0.6) is 0 Å². The summed E-state index contributed by atoms with van der Waals surface area (Å²) < 4.78 is 30.9. The van der Waals surface area contributed by atoms with Crippen LogP contribution in [0.15, 0.2) is 39.9 Å². The van der Waals surface area contributed by atoms with E-state index in [-0.39, 0.29) is 22.0 Å². The standard InChI is InChI=1S/C11H8ClN3O3S/c12-11-5-10(2-1-8(11)6-13)19(16,17)14-7-9-3-4-18-15-9/h1-5,14H,7H2. The van der Waals surface area contributed by atoms with Crippen LogP contribution in [-0.2, 0) is 16.6 Å². The fourth-order valence-corrected chi connectivity index (χ4v) is 2.65. The van der Waals surface area contributed by atoms with Crippen molar-refractivity contribution in [1.82, 2.24) is 9.88 Å². The molecule has 0 aliphatic heterocycles. The largest absolute Gasteiger partial charge is 0.364 e. The number of hydrogen-bond donors (Lipinski definition) is 1. The van der Waals surface area contributed by atoms with Crippen LogP contribution >= 0.6 is 11.6 Å². The van der Waals surface area contributed by atoms with Gasteiger partial charge < -0.3 is 4.52 Å². The summed E-state index contributed by atoms with van der Waals surface area (Å²) in [4.78, 5) is -0.0139. The lowest BCUT2D eigenvalue weighted by Crippen LogP contribution is -2.23. The second-order valence-corrected chi connectivity index (χ2v) is 5.74. The number of benzene rings is 1. The second-order valence-electron chi connectivity index (χ2n) is 3.57. The second kappa shape index (κ2) is 5.40. The fraction of sp³-hybridized carbons (Fsp3) is 0.0909. The van der Waals surface area contributed by atoms with E-state index in [4.69, 9.17) is 16.9 Å². The van der Waals surface area contributed by atoms with Gasteiger partial charge in [0.15, 0.2) is 0 Å². The predicted octanol–water partition coefficient (Wildman–Crippen LogP) is 1.68. The Morgan fingerprint density at radius 1 is 1.42 bits per heavy atom. The van der Waals surface area contributed by atoms with Gasteiger partial charge in [0, 0.05) is 6.07 Å². The summed E-state index contributed by atoms with van der Waals surface area (Å²) in [5, 5.41) is 12.4. The highest BCUT2D eigenvalue weighted by atomic mass is 35.5. The van der Waals surface area contributed by atoms with Crippen molar-refractivity contribution in [2.45, 2.75) is 11.4 Å². The van der Waals surface area contributed by atoms with E-state index in [1.54, 1.807) is 6.07 Å². The van der Waals surface area contributed by atoms with E-state index in [2.05, 4.69) is 14.4 Å². The van der Waals surface area contributed by atoms with Crippen molar-refractivity contribution in [1.29, 1.82) is 5.26 Å². The highest BCUT2D eigenvalue weighted by Gasteiger charge is 2.16. The monoisotopic (exact) mass is 297 g/mol. The van der Waals surface area contributed by atoms with Crippen LogP contribution in [0.2, 0.25) is 5.02 Å². The molecule has 0 saturated carbocycles. The van der Waals surface area contributed by atoms with E-state index in [1.807, 2.05) is 6.07 Å². The van der Waals surface area contributed by atoms with Crippen LogP contribution in [0.4, 0.5) is 0 Å². The van der Waals surface area contributed by atoms with Crippen LogP contribution in [0, 0.1) is 11.3 Å². The lowest BCUT2D eigenvalue weighted by molar-refractivity contribution is 0.411. The van der Waals surface area contributed by atoms with Gasteiger partial charge in [0.25, 0.3) is 0 Å². The summed E-state index contributed by atoms with van der Waals surface area (Å²) in [6, 6.07) is 7.31. The molecule has 0 aliphatic carbocycles. The van der Waals surface area contributed by atoms with Crippen molar-refractivity contribution in [2.24, 2.45) is 0 Å². The minimum atomic E-state index is -3.71. The van der Waals surface area contributed by atoms with Crippen molar-refractivity contribution in [3.63, 3.8) is 0 Å². The Labute approximate surface area is 114 Å².